The van der Waals surface area contributed by atoms with Crippen molar-refractivity contribution in [3.05, 3.63) is 20.2 Å². The molecular weight excluding hydrogens is 308 g/mol. The SMILES string of the molecule is C1C[N-]CCCNCCCNCCCNC1.Cl.[CH3-].[CH3-].[Ti+3]. The molecule has 20 heavy (non-hydrogen) atoms. The topological polar surface area (TPSA) is 50.2 Å². The van der Waals surface area contributed by atoms with E-state index in [1.165, 1.54) is 25.7 Å². The van der Waals surface area contributed by atoms with Crippen molar-refractivity contribution in [3.8, 4) is 0 Å². The number of nitrogens with one attached hydrogen (secondary N) is 3. The molecule has 0 unspecified atom stereocenters. The van der Waals surface area contributed by atoms with Crippen LogP contribution in [0.1, 0.15) is 25.7 Å². The van der Waals surface area contributed by atoms with Gasteiger partial charge in [-0.3, -0.25) is 0 Å². The van der Waals surface area contributed by atoms with Crippen molar-refractivity contribution in [2.24, 2.45) is 0 Å². The van der Waals surface area contributed by atoms with Gasteiger partial charge in [-0.15, -0.1) is 25.5 Å². The van der Waals surface area contributed by atoms with Crippen LogP contribution in [0.15, 0.2) is 0 Å². The molecule has 0 aromatic carbocycles. The number of rotatable bonds is 0. The van der Waals surface area contributed by atoms with Crippen LogP contribution < -0.4 is 16.0 Å². The average molecular weight is 342 g/mol. The fourth-order valence-corrected chi connectivity index (χ4v) is 1.80. The van der Waals surface area contributed by atoms with Gasteiger partial charge in [-0.05, 0) is 52.1 Å². The number of nitrogens with zero attached hydrogens (tertiary/aromatic N) is 1. The fraction of sp³-hybridized carbons (Fsp3) is 0.857. The molecule has 0 bridgehead atoms. The van der Waals surface area contributed by atoms with Gasteiger partial charge in [0.1, 0.15) is 0 Å². The molecule has 1 rings (SSSR count). The quantitative estimate of drug-likeness (QED) is 0.467. The summed E-state index contributed by atoms with van der Waals surface area (Å²) >= 11 is 0. The molecule has 0 atom stereocenters. The van der Waals surface area contributed by atoms with E-state index in [-0.39, 0.29) is 49.0 Å². The molecule has 1 heterocycles. The Morgan fingerprint density at radius 1 is 0.550 bits per heavy atom. The summed E-state index contributed by atoms with van der Waals surface area (Å²) in [6.07, 6.45) is 4.82. The molecular formula is C14H34ClN4Ti. The second kappa shape index (κ2) is 24.8. The zero-order valence-corrected chi connectivity index (χ0v) is 15.7. The van der Waals surface area contributed by atoms with E-state index in [2.05, 4.69) is 21.3 Å². The molecule has 1 fully saturated rings. The molecule has 1 aliphatic heterocycles. The van der Waals surface area contributed by atoms with Gasteiger partial charge >= 0.3 is 21.7 Å². The largest absolute Gasteiger partial charge is 3.00 e. The van der Waals surface area contributed by atoms with E-state index in [1.54, 1.807) is 0 Å². The molecule has 1 radical (unpaired) electrons. The van der Waals surface area contributed by atoms with Crippen molar-refractivity contribution in [3.63, 3.8) is 0 Å². The first-order chi connectivity index (χ1) is 8.00. The van der Waals surface area contributed by atoms with Crippen molar-refractivity contribution in [2.45, 2.75) is 25.7 Å². The van der Waals surface area contributed by atoms with Crippen molar-refractivity contribution >= 4 is 12.4 Å². The van der Waals surface area contributed by atoms with Gasteiger partial charge in [-0.25, -0.2) is 0 Å². The standard InChI is InChI=1S/C12H27N4.2CH3.ClH.Ti/c1-5-13-7-2-9-15-11-4-12-16-10-3-8-14-6-1;;;;/h13-15H,1-12H2;2*1H3;1H;/q3*-1;;+3. The molecule has 0 saturated carbocycles. The maximum Gasteiger partial charge on any atom is 3.00 e. The van der Waals surface area contributed by atoms with Gasteiger partial charge in [0.05, 0.1) is 0 Å². The van der Waals surface area contributed by atoms with Gasteiger partial charge in [0.2, 0.25) is 0 Å². The summed E-state index contributed by atoms with van der Waals surface area (Å²) in [5.41, 5.74) is 0. The summed E-state index contributed by atoms with van der Waals surface area (Å²) in [4.78, 5) is 0. The summed E-state index contributed by atoms with van der Waals surface area (Å²) in [5.74, 6) is 0. The van der Waals surface area contributed by atoms with Crippen molar-refractivity contribution in [1.82, 2.24) is 16.0 Å². The molecule has 0 aromatic heterocycles. The van der Waals surface area contributed by atoms with Gasteiger partial charge < -0.3 is 36.1 Å². The Balaban J connectivity index is -0.000000320. The van der Waals surface area contributed by atoms with E-state index in [4.69, 9.17) is 0 Å². The van der Waals surface area contributed by atoms with Gasteiger partial charge in [0.25, 0.3) is 0 Å². The first-order valence-electron chi connectivity index (χ1n) is 6.75. The number of hydrogen-bond acceptors (Lipinski definition) is 3. The molecule has 1 aliphatic rings. The Kier molecular flexibility index (Phi) is 35.9. The van der Waals surface area contributed by atoms with E-state index in [0.717, 1.165) is 52.4 Å². The van der Waals surface area contributed by atoms with Crippen LogP contribution in [0.25, 0.3) is 5.32 Å². The van der Waals surface area contributed by atoms with E-state index in [9.17, 15) is 0 Å². The minimum Gasteiger partial charge on any atom is -0.662 e. The van der Waals surface area contributed by atoms with Crippen molar-refractivity contribution in [2.75, 3.05) is 52.4 Å². The van der Waals surface area contributed by atoms with Crippen molar-refractivity contribution < 1.29 is 21.7 Å². The molecule has 0 amide bonds. The Labute approximate surface area is 148 Å². The maximum atomic E-state index is 4.51. The summed E-state index contributed by atoms with van der Waals surface area (Å²) in [5, 5.41) is 14.9. The minimum absolute atomic E-state index is 0. The molecule has 0 aliphatic carbocycles. The average Bonchev–Trinajstić information content (AvgIpc) is 2.29. The molecule has 6 heteroatoms. The summed E-state index contributed by atoms with van der Waals surface area (Å²) in [7, 11) is 0. The monoisotopic (exact) mass is 341 g/mol. The predicted molar refractivity (Wildman–Crippen MR) is 90.2 cm³/mol. The van der Waals surface area contributed by atoms with Crippen molar-refractivity contribution in [1.29, 1.82) is 0 Å². The molecule has 1 saturated heterocycles. The van der Waals surface area contributed by atoms with Crippen LogP contribution in [0.4, 0.5) is 0 Å². The first kappa shape index (κ1) is 28.9. The van der Waals surface area contributed by atoms with Crippen LogP contribution in [0, 0.1) is 14.9 Å². The predicted octanol–water partition coefficient (Wildman–Crippen LogP) is 2.02. The number of hydrogen-bond donors (Lipinski definition) is 3. The Morgan fingerprint density at radius 3 is 1.20 bits per heavy atom. The molecule has 0 aromatic rings. The zero-order chi connectivity index (χ0) is 11.3. The van der Waals surface area contributed by atoms with Gasteiger partial charge in [0.15, 0.2) is 0 Å². The minimum atomic E-state index is 0. The van der Waals surface area contributed by atoms with E-state index in [0.29, 0.717) is 0 Å². The van der Waals surface area contributed by atoms with E-state index >= 15 is 0 Å². The Bertz CT molecular complexity index is 89.1. The molecule has 121 valence electrons. The zero-order valence-electron chi connectivity index (χ0n) is 13.3. The summed E-state index contributed by atoms with van der Waals surface area (Å²) < 4.78 is 0. The van der Waals surface area contributed by atoms with E-state index < -0.39 is 0 Å². The first-order valence-corrected chi connectivity index (χ1v) is 6.75. The fourth-order valence-electron chi connectivity index (χ4n) is 1.80. The second-order valence-corrected chi connectivity index (χ2v) is 4.34. The smallest absolute Gasteiger partial charge is 0.662 e. The van der Waals surface area contributed by atoms with Gasteiger partial charge in [-0.2, -0.15) is 0 Å². The number of halogens is 1. The second-order valence-electron chi connectivity index (χ2n) is 4.34. The van der Waals surface area contributed by atoms with Crippen LogP contribution in [-0.4, -0.2) is 52.4 Å². The maximum absolute atomic E-state index is 4.51. The van der Waals surface area contributed by atoms with Gasteiger partial charge in [-0.1, -0.05) is 12.8 Å². The van der Waals surface area contributed by atoms with Crippen LogP contribution in [0.2, 0.25) is 0 Å². The van der Waals surface area contributed by atoms with Crippen LogP contribution >= 0.6 is 12.4 Å². The third kappa shape index (κ3) is 21.1. The third-order valence-electron chi connectivity index (χ3n) is 2.75. The normalized spacial score (nSPS) is 19.2. The Hall–Kier alpha value is 0.844. The van der Waals surface area contributed by atoms with Crippen LogP contribution in [0.3, 0.4) is 0 Å². The van der Waals surface area contributed by atoms with Crippen LogP contribution in [-0.2, 0) is 21.7 Å². The summed E-state index contributed by atoms with van der Waals surface area (Å²) in [6.45, 7) is 8.80. The van der Waals surface area contributed by atoms with E-state index in [1.807, 2.05) is 0 Å². The third-order valence-corrected chi connectivity index (χ3v) is 2.75. The van der Waals surface area contributed by atoms with Gasteiger partial charge in [0, 0.05) is 0 Å². The van der Waals surface area contributed by atoms with Crippen LogP contribution in [0.5, 0.6) is 0 Å². The molecule has 3 N–H and O–H groups in total. The Morgan fingerprint density at radius 2 is 0.850 bits per heavy atom. The molecule has 4 nitrogen and oxygen atoms in total. The summed E-state index contributed by atoms with van der Waals surface area (Å²) in [6, 6.07) is 0. The molecule has 0 spiro atoms.